The number of aryl methyl sites for hydroxylation is 1. The molecule has 0 radical (unpaired) electrons. The third-order valence-corrected chi connectivity index (χ3v) is 6.78. The molecule has 2 aliphatic rings. The van der Waals surface area contributed by atoms with Gasteiger partial charge in [0.15, 0.2) is 0 Å². The van der Waals surface area contributed by atoms with Crippen LogP contribution >= 0.6 is 0 Å². The molecule has 1 saturated carbocycles. The van der Waals surface area contributed by atoms with E-state index in [1.165, 1.54) is 56.9 Å². The van der Waals surface area contributed by atoms with Crippen molar-refractivity contribution in [2.24, 2.45) is 17.6 Å². The molecular weight excluding hydrogens is 334 g/mol. The molecular formula is C24H39NO2. The molecule has 1 aromatic carbocycles. The second kappa shape index (κ2) is 10.0. The summed E-state index contributed by atoms with van der Waals surface area (Å²) >= 11 is 0. The van der Waals surface area contributed by atoms with Crippen LogP contribution in [0.1, 0.15) is 81.4 Å². The van der Waals surface area contributed by atoms with E-state index in [0.29, 0.717) is 17.9 Å². The lowest BCUT2D eigenvalue weighted by molar-refractivity contribution is 0.0750. The van der Waals surface area contributed by atoms with Crippen LogP contribution in [-0.4, -0.2) is 30.5 Å². The Kier molecular flexibility index (Phi) is 7.75. The molecule has 2 aliphatic carbocycles. The first-order valence-electron chi connectivity index (χ1n) is 11.2. The number of aliphatic hydroxyl groups is 1. The SMILES string of the molecule is CC(C)OCCCC[C@@H]1CCc2cc([C@H]3CCCC3C(N)CO)ccc2C1. The highest BCUT2D eigenvalue weighted by Gasteiger charge is 2.33. The molecule has 4 atom stereocenters. The molecule has 3 N–H and O–H groups in total. The van der Waals surface area contributed by atoms with E-state index in [1.807, 2.05) is 0 Å². The van der Waals surface area contributed by atoms with Gasteiger partial charge in [0, 0.05) is 12.6 Å². The van der Waals surface area contributed by atoms with Crippen LogP contribution in [0.3, 0.4) is 0 Å². The van der Waals surface area contributed by atoms with Gasteiger partial charge in [-0.2, -0.15) is 0 Å². The third kappa shape index (κ3) is 5.56. The van der Waals surface area contributed by atoms with Gasteiger partial charge in [-0.15, -0.1) is 0 Å². The van der Waals surface area contributed by atoms with E-state index in [2.05, 4.69) is 32.0 Å². The van der Waals surface area contributed by atoms with Gasteiger partial charge in [0.05, 0.1) is 12.7 Å². The standard InChI is InChI=1S/C24H39NO2/c1-17(2)27-13-4-3-6-18-9-10-20-15-21(12-11-19(20)14-18)22-7-5-8-23(22)24(25)16-26/h11-12,15,17-18,22-24,26H,3-10,13-14,16,25H2,1-2H3/t18-,22-,23?,24?/m1/s1. The number of nitrogens with two attached hydrogens (primary N) is 1. The zero-order valence-corrected chi connectivity index (χ0v) is 17.3. The van der Waals surface area contributed by atoms with E-state index < -0.39 is 0 Å². The predicted molar refractivity (Wildman–Crippen MR) is 112 cm³/mol. The highest BCUT2D eigenvalue weighted by atomic mass is 16.5. The lowest BCUT2D eigenvalue weighted by Gasteiger charge is -2.28. The highest BCUT2D eigenvalue weighted by molar-refractivity contribution is 5.36. The fourth-order valence-corrected chi connectivity index (χ4v) is 5.23. The first-order valence-corrected chi connectivity index (χ1v) is 11.2. The smallest absolute Gasteiger partial charge is 0.0585 e. The highest BCUT2D eigenvalue weighted by Crippen LogP contribution is 2.42. The van der Waals surface area contributed by atoms with Crippen molar-refractivity contribution in [1.29, 1.82) is 0 Å². The number of benzene rings is 1. The fraction of sp³-hybridized carbons (Fsp3) is 0.750. The number of ether oxygens (including phenoxy) is 1. The maximum atomic E-state index is 9.48. The molecule has 1 aromatic rings. The summed E-state index contributed by atoms with van der Waals surface area (Å²) in [5.41, 5.74) is 10.8. The van der Waals surface area contributed by atoms with Gasteiger partial charge in [0.2, 0.25) is 0 Å². The Morgan fingerprint density at radius 3 is 2.78 bits per heavy atom. The van der Waals surface area contributed by atoms with Crippen LogP contribution in [0.25, 0.3) is 0 Å². The summed E-state index contributed by atoms with van der Waals surface area (Å²) in [6.45, 7) is 5.23. The Morgan fingerprint density at radius 2 is 2.00 bits per heavy atom. The van der Waals surface area contributed by atoms with E-state index in [-0.39, 0.29) is 12.6 Å². The predicted octanol–water partition coefficient (Wildman–Crippen LogP) is 4.59. The summed E-state index contributed by atoms with van der Waals surface area (Å²) in [7, 11) is 0. The summed E-state index contributed by atoms with van der Waals surface area (Å²) in [4.78, 5) is 0. The fourth-order valence-electron chi connectivity index (χ4n) is 5.23. The van der Waals surface area contributed by atoms with E-state index in [9.17, 15) is 5.11 Å². The van der Waals surface area contributed by atoms with Crippen molar-refractivity contribution >= 4 is 0 Å². The molecule has 0 aromatic heterocycles. The minimum atomic E-state index is -0.0717. The van der Waals surface area contributed by atoms with Crippen molar-refractivity contribution in [3.63, 3.8) is 0 Å². The van der Waals surface area contributed by atoms with E-state index in [0.717, 1.165) is 18.9 Å². The molecule has 152 valence electrons. The monoisotopic (exact) mass is 373 g/mol. The maximum absolute atomic E-state index is 9.48. The van der Waals surface area contributed by atoms with Gasteiger partial charge >= 0.3 is 0 Å². The van der Waals surface area contributed by atoms with Crippen molar-refractivity contribution in [2.75, 3.05) is 13.2 Å². The lowest BCUT2D eigenvalue weighted by Crippen LogP contribution is -2.35. The average Bonchev–Trinajstić information content (AvgIpc) is 3.16. The molecule has 0 bridgehead atoms. The van der Waals surface area contributed by atoms with Crippen LogP contribution in [0, 0.1) is 11.8 Å². The van der Waals surface area contributed by atoms with Gasteiger partial charge < -0.3 is 15.6 Å². The Hall–Kier alpha value is -0.900. The number of fused-ring (bicyclic) bond motifs is 1. The van der Waals surface area contributed by atoms with E-state index in [4.69, 9.17) is 10.5 Å². The Bertz CT molecular complexity index is 586. The molecule has 0 heterocycles. The maximum Gasteiger partial charge on any atom is 0.0585 e. The van der Waals surface area contributed by atoms with Crippen molar-refractivity contribution in [3.05, 3.63) is 34.9 Å². The minimum Gasteiger partial charge on any atom is -0.395 e. The second-order valence-electron chi connectivity index (χ2n) is 9.10. The zero-order valence-electron chi connectivity index (χ0n) is 17.3. The quantitative estimate of drug-likeness (QED) is 0.623. The average molecular weight is 374 g/mol. The van der Waals surface area contributed by atoms with Gasteiger partial charge in [-0.3, -0.25) is 0 Å². The molecule has 0 spiro atoms. The summed E-state index contributed by atoms with van der Waals surface area (Å²) in [6, 6.07) is 7.14. The number of aliphatic hydroxyl groups excluding tert-OH is 1. The van der Waals surface area contributed by atoms with Crippen LogP contribution in [-0.2, 0) is 17.6 Å². The van der Waals surface area contributed by atoms with Crippen LogP contribution in [0.4, 0.5) is 0 Å². The minimum absolute atomic E-state index is 0.0717. The molecule has 0 amide bonds. The zero-order chi connectivity index (χ0) is 19.2. The van der Waals surface area contributed by atoms with Crippen LogP contribution in [0.2, 0.25) is 0 Å². The summed E-state index contributed by atoms with van der Waals surface area (Å²) < 4.78 is 5.66. The number of rotatable bonds is 9. The summed E-state index contributed by atoms with van der Waals surface area (Å²) in [6.07, 6.45) is 11.6. The molecule has 0 aliphatic heterocycles. The molecule has 3 nitrogen and oxygen atoms in total. The van der Waals surface area contributed by atoms with Gasteiger partial charge in [-0.25, -0.2) is 0 Å². The van der Waals surface area contributed by atoms with Crippen molar-refractivity contribution < 1.29 is 9.84 Å². The van der Waals surface area contributed by atoms with Gasteiger partial charge in [-0.05, 0) is 86.8 Å². The largest absolute Gasteiger partial charge is 0.395 e. The van der Waals surface area contributed by atoms with Crippen LogP contribution in [0.15, 0.2) is 18.2 Å². The van der Waals surface area contributed by atoms with E-state index in [1.54, 1.807) is 11.1 Å². The van der Waals surface area contributed by atoms with Gasteiger partial charge in [0.25, 0.3) is 0 Å². The van der Waals surface area contributed by atoms with Crippen molar-refractivity contribution in [1.82, 2.24) is 0 Å². The Balaban J connectivity index is 1.53. The molecule has 0 saturated heterocycles. The van der Waals surface area contributed by atoms with Crippen molar-refractivity contribution in [3.8, 4) is 0 Å². The Morgan fingerprint density at radius 1 is 1.15 bits per heavy atom. The number of hydrogen-bond donors (Lipinski definition) is 2. The summed E-state index contributed by atoms with van der Waals surface area (Å²) in [5, 5.41) is 9.48. The number of unbranched alkanes of at least 4 members (excludes halogenated alkanes) is 1. The summed E-state index contributed by atoms with van der Waals surface area (Å²) in [5.74, 6) is 1.82. The van der Waals surface area contributed by atoms with E-state index >= 15 is 0 Å². The Labute approximate surface area is 165 Å². The number of hydrogen-bond acceptors (Lipinski definition) is 3. The third-order valence-electron chi connectivity index (χ3n) is 6.78. The molecule has 27 heavy (non-hydrogen) atoms. The molecule has 3 heteroatoms. The molecule has 3 rings (SSSR count). The lowest BCUT2D eigenvalue weighted by atomic mass is 9.78. The first-order chi connectivity index (χ1) is 13.1. The normalized spacial score (nSPS) is 26.3. The van der Waals surface area contributed by atoms with Gasteiger partial charge in [0.1, 0.15) is 0 Å². The van der Waals surface area contributed by atoms with Crippen LogP contribution in [0.5, 0.6) is 0 Å². The molecule has 2 unspecified atom stereocenters. The van der Waals surface area contributed by atoms with Gasteiger partial charge in [-0.1, -0.05) is 37.5 Å². The molecule has 1 fully saturated rings. The van der Waals surface area contributed by atoms with Crippen LogP contribution < -0.4 is 5.73 Å². The van der Waals surface area contributed by atoms with Crippen molar-refractivity contribution in [2.45, 2.75) is 89.7 Å². The topological polar surface area (TPSA) is 55.5 Å². The second-order valence-corrected chi connectivity index (χ2v) is 9.10. The first kappa shape index (κ1) is 20.8.